The van der Waals surface area contributed by atoms with Crippen LogP contribution < -0.4 is 10.6 Å². The Morgan fingerprint density at radius 1 is 1.00 bits per heavy atom. The molecule has 0 aliphatic rings. The van der Waals surface area contributed by atoms with Crippen LogP contribution in [0.1, 0.15) is 16.1 Å². The molecule has 3 rings (SSSR count). The maximum atomic E-state index is 12.5. The molecule has 1 heterocycles. The van der Waals surface area contributed by atoms with E-state index in [0.717, 1.165) is 22.5 Å². The van der Waals surface area contributed by atoms with Crippen molar-refractivity contribution in [3.8, 4) is 16.9 Å². The van der Waals surface area contributed by atoms with Crippen molar-refractivity contribution in [1.29, 1.82) is 0 Å². The molecule has 0 aliphatic carbocycles. The molecule has 0 bridgehead atoms. The largest absolute Gasteiger partial charge is 0.358 e. The van der Waals surface area contributed by atoms with Gasteiger partial charge in [0.2, 0.25) is 5.91 Å². The summed E-state index contributed by atoms with van der Waals surface area (Å²) < 4.78 is 1.76. The van der Waals surface area contributed by atoms with Crippen molar-refractivity contribution in [1.82, 2.24) is 20.4 Å². The second kappa shape index (κ2) is 7.65. The van der Waals surface area contributed by atoms with E-state index >= 15 is 0 Å². The van der Waals surface area contributed by atoms with Crippen molar-refractivity contribution in [3.05, 3.63) is 71.9 Å². The predicted octanol–water partition coefficient (Wildman–Crippen LogP) is 2.32. The molecule has 0 saturated heterocycles. The number of nitrogens with one attached hydrogen (secondary N) is 2. The van der Waals surface area contributed by atoms with Gasteiger partial charge in [-0.15, -0.1) is 0 Å². The van der Waals surface area contributed by atoms with E-state index in [2.05, 4.69) is 15.7 Å². The third kappa shape index (κ3) is 3.49. The van der Waals surface area contributed by atoms with Gasteiger partial charge < -0.3 is 10.6 Å². The molecule has 0 aliphatic heterocycles. The van der Waals surface area contributed by atoms with Crippen LogP contribution in [0.3, 0.4) is 0 Å². The van der Waals surface area contributed by atoms with Crippen molar-refractivity contribution in [2.75, 3.05) is 13.6 Å². The lowest BCUT2D eigenvalue weighted by Gasteiger charge is -2.08. The fourth-order valence-corrected chi connectivity index (χ4v) is 2.74. The van der Waals surface area contributed by atoms with E-state index in [4.69, 9.17) is 0 Å². The maximum Gasteiger partial charge on any atom is 0.272 e. The number of rotatable bonds is 5. The zero-order valence-corrected chi connectivity index (χ0v) is 14.7. The van der Waals surface area contributed by atoms with Crippen molar-refractivity contribution < 1.29 is 9.59 Å². The summed E-state index contributed by atoms with van der Waals surface area (Å²) in [6.07, 6.45) is 0. The molecule has 132 valence electrons. The van der Waals surface area contributed by atoms with Crippen molar-refractivity contribution in [2.45, 2.75) is 6.92 Å². The third-order valence-electron chi connectivity index (χ3n) is 4.07. The minimum atomic E-state index is -0.377. The molecule has 6 heteroatoms. The lowest BCUT2D eigenvalue weighted by atomic mass is 10.1. The van der Waals surface area contributed by atoms with Gasteiger partial charge in [-0.25, -0.2) is 4.68 Å². The van der Waals surface area contributed by atoms with Crippen LogP contribution in [-0.4, -0.2) is 35.2 Å². The smallest absolute Gasteiger partial charge is 0.272 e. The van der Waals surface area contributed by atoms with Gasteiger partial charge in [0.1, 0.15) is 0 Å². The third-order valence-corrected chi connectivity index (χ3v) is 4.07. The van der Waals surface area contributed by atoms with Crippen LogP contribution in [0, 0.1) is 6.92 Å². The van der Waals surface area contributed by atoms with Gasteiger partial charge in [-0.1, -0.05) is 48.5 Å². The van der Waals surface area contributed by atoms with Gasteiger partial charge in [0.05, 0.1) is 17.9 Å². The first-order chi connectivity index (χ1) is 12.6. The van der Waals surface area contributed by atoms with Gasteiger partial charge in [0, 0.05) is 18.2 Å². The Kier molecular flexibility index (Phi) is 5.12. The molecule has 0 atom stereocenters. The number of para-hydroxylation sites is 1. The highest BCUT2D eigenvalue weighted by Gasteiger charge is 2.22. The second-order valence-electron chi connectivity index (χ2n) is 5.79. The number of hydrogen-bond acceptors (Lipinski definition) is 3. The number of benzene rings is 2. The molecule has 0 saturated carbocycles. The molecule has 6 nitrogen and oxygen atoms in total. The second-order valence-corrected chi connectivity index (χ2v) is 5.79. The fourth-order valence-electron chi connectivity index (χ4n) is 2.74. The van der Waals surface area contributed by atoms with E-state index in [1.54, 1.807) is 4.68 Å². The van der Waals surface area contributed by atoms with E-state index in [1.165, 1.54) is 7.05 Å². The molecule has 0 unspecified atom stereocenters. The highest BCUT2D eigenvalue weighted by atomic mass is 16.2. The summed E-state index contributed by atoms with van der Waals surface area (Å²) >= 11 is 0. The molecular formula is C20H20N4O2. The number of likely N-dealkylation sites (N-methyl/N-ethyl adjacent to an activating group) is 1. The molecular weight excluding hydrogens is 328 g/mol. The van der Waals surface area contributed by atoms with Crippen LogP contribution in [0.4, 0.5) is 0 Å². The Hall–Kier alpha value is -3.41. The Morgan fingerprint density at radius 3 is 2.23 bits per heavy atom. The average molecular weight is 348 g/mol. The Balaban J connectivity index is 2.06. The minimum absolute atomic E-state index is 0.0896. The summed E-state index contributed by atoms with van der Waals surface area (Å²) in [6.45, 7) is 1.78. The van der Waals surface area contributed by atoms with Crippen LogP contribution in [0.5, 0.6) is 0 Å². The van der Waals surface area contributed by atoms with Crippen LogP contribution in [0.15, 0.2) is 60.7 Å². The van der Waals surface area contributed by atoms with Crippen LogP contribution in [-0.2, 0) is 4.79 Å². The lowest BCUT2D eigenvalue weighted by Crippen LogP contribution is -2.35. The summed E-state index contributed by atoms with van der Waals surface area (Å²) in [4.78, 5) is 23.9. The highest BCUT2D eigenvalue weighted by molar-refractivity contribution is 5.97. The standard InChI is InChI=1S/C20H20N4O2/c1-14-18(20(26)22-13-17(25)21-2)23-24(16-11-7-4-8-12-16)19(14)15-9-5-3-6-10-15/h3-12H,13H2,1-2H3,(H,21,25)(H,22,26). The molecule has 1 aromatic heterocycles. The van der Waals surface area contributed by atoms with E-state index in [9.17, 15) is 9.59 Å². The number of nitrogens with zero attached hydrogens (tertiary/aromatic N) is 2. The van der Waals surface area contributed by atoms with Gasteiger partial charge in [0.15, 0.2) is 5.69 Å². The molecule has 0 spiro atoms. The minimum Gasteiger partial charge on any atom is -0.358 e. The molecule has 2 aromatic carbocycles. The fraction of sp³-hybridized carbons (Fsp3) is 0.150. The SMILES string of the molecule is CNC(=O)CNC(=O)c1nn(-c2ccccc2)c(-c2ccccc2)c1C. The maximum absolute atomic E-state index is 12.5. The highest BCUT2D eigenvalue weighted by Crippen LogP contribution is 2.28. The predicted molar refractivity (Wildman–Crippen MR) is 100 cm³/mol. The molecule has 0 fully saturated rings. The van der Waals surface area contributed by atoms with E-state index < -0.39 is 0 Å². The normalized spacial score (nSPS) is 10.4. The Morgan fingerprint density at radius 2 is 1.62 bits per heavy atom. The summed E-state index contributed by atoms with van der Waals surface area (Å²) in [5.41, 5.74) is 3.74. The number of amides is 2. The lowest BCUT2D eigenvalue weighted by molar-refractivity contribution is -0.119. The summed E-state index contributed by atoms with van der Waals surface area (Å²) in [5, 5.41) is 9.62. The Bertz CT molecular complexity index is 918. The molecule has 2 N–H and O–H groups in total. The quantitative estimate of drug-likeness (QED) is 0.743. The molecule has 0 radical (unpaired) electrons. The number of aromatic nitrogens is 2. The van der Waals surface area contributed by atoms with Crippen LogP contribution >= 0.6 is 0 Å². The zero-order chi connectivity index (χ0) is 18.5. The number of carbonyl (C=O) groups excluding carboxylic acids is 2. The molecule has 2 amide bonds. The van der Waals surface area contributed by atoms with Crippen molar-refractivity contribution in [3.63, 3.8) is 0 Å². The summed E-state index contributed by atoms with van der Waals surface area (Å²) in [7, 11) is 1.53. The summed E-state index contributed by atoms with van der Waals surface area (Å²) in [6, 6.07) is 19.4. The van der Waals surface area contributed by atoms with E-state index in [1.807, 2.05) is 67.6 Å². The first-order valence-corrected chi connectivity index (χ1v) is 8.31. The van der Waals surface area contributed by atoms with E-state index in [-0.39, 0.29) is 18.4 Å². The van der Waals surface area contributed by atoms with Gasteiger partial charge >= 0.3 is 0 Å². The molecule has 26 heavy (non-hydrogen) atoms. The van der Waals surface area contributed by atoms with Gasteiger partial charge in [-0.2, -0.15) is 5.10 Å². The van der Waals surface area contributed by atoms with Gasteiger partial charge in [0.25, 0.3) is 5.91 Å². The number of hydrogen-bond donors (Lipinski definition) is 2. The first-order valence-electron chi connectivity index (χ1n) is 8.31. The van der Waals surface area contributed by atoms with Gasteiger partial charge in [-0.3, -0.25) is 9.59 Å². The Labute approximate surface area is 151 Å². The van der Waals surface area contributed by atoms with Crippen LogP contribution in [0.25, 0.3) is 16.9 Å². The monoisotopic (exact) mass is 348 g/mol. The average Bonchev–Trinajstić information content (AvgIpc) is 3.04. The number of carbonyl (C=O) groups is 2. The van der Waals surface area contributed by atoms with Crippen LogP contribution in [0.2, 0.25) is 0 Å². The van der Waals surface area contributed by atoms with Gasteiger partial charge in [-0.05, 0) is 19.1 Å². The zero-order valence-electron chi connectivity index (χ0n) is 14.7. The first kappa shape index (κ1) is 17.4. The van der Waals surface area contributed by atoms with Crippen molar-refractivity contribution >= 4 is 11.8 Å². The topological polar surface area (TPSA) is 76.0 Å². The van der Waals surface area contributed by atoms with E-state index in [0.29, 0.717) is 5.69 Å². The molecule has 3 aromatic rings. The van der Waals surface area contributed by atoms with Crippen molar-refractivity contribution in [2.24, 2.45) is 0 Å². The summed E-state index contributed by atoms with van der Waals surface area (Å²) in [5.74, 6) is -0.639.